The van der Waals surface area contributed by atoms with Crippen molar-refractivity contribution in [2.24, 2.45) is 0 Å². The Morgan fingerprint density at radius 2 is 0.828 bits per heavy atom. The van der Waals surface area contributed by atoms with E-state index in [1.54, 1.807) is 0 Å². The minimum absolute atomic E-state index is 0.935. The van der Waals surface area contributed by atoms with Crippen molar-refractivity contribution in [3.05, 3.63) is 194 Å². The van der Waals surface area contributed by atoms with E-state index < -0.39 is 0 Å². The molecule has 11 aromatic carbocycles. The second-order valence-electron chi connectivity index (χ2n) is 15.5. The molecule has 0 aliphatic carbocycles. The van der Waals surface area contributed by atoms with Crippen LogP contribution in [0.25, 0.3) is 129 Å². The third kappa shape index (κ3) is 4.52. The number of thiophene rings is 1. The van der Waals surface area contributed by atoms with Gasteiger partial charge in [-0.25, -0.2) is 0 Å². The summed E-state index contributed by atoms with van der Waals surface area (Å²) in [4.78, 5) is 0. The third-order valence-corrected chi connectivity index (χ3v) is 13.6. The summed E-state index contributed by atoms with van der Waals surface area (Å²) in [7, 11) is 0. The molecule has 58 heavy (non-hydrogen) atoms. The van der Waals surface area contributed by atoms with Gasteiger partial charge >= 0.3 is 0 Å². The van der Waals surface area contributed by atoms with Crippen LogP contribution in [-0.2, 0) is 0 Å². The lowest BCUT2D eigenvalue weighted by atomic mass is 9.83. The van der Waals surface area contributed by atoms with Crippen LogP contribution in [0.15, 0.2) is 199 Å². The summed E-state index contributed by atoms with van der Waals surface area (Å²) in [5.41, 5.74) is 9.43. The molecular weight excluding hydrogens is 721 g/mol. The molecule has 0 N–H and O–H groups in total. The highest BCUT2D eigenvalue weighted by atomic mass is 32.1. The topological polar surface area (TPSA) is 13.1 Å². The fraction of sp³-hybridized carbons (Fsp3) is 0. The average molecular weight is 753 g/mol. The van der Waals surface area contributed by atoms with Crippen LogP contribution in [0.4, 0.5) is 0 Å². The lowest BCUT2D eigenvalue weighted by molar-refractivity contribution is 0.673. The highest BCUT2D eigenvalue weighted by Crippen LogP contribution is 2.48. The first kappa shape index (κ1) is 31.9. The largest absolute Gasteiger partial charge is 0.455 e. The van der Waals surface area contributed by atoms with Crippen LogP contribution >= 0.6 is 11.3 Å². The molecule has 0 atom stereocenters. The smallest absolute Gasteiger partial charge is 0.143 e. The second kappa shape index (κ2) is 12.1. The first-order valence-electron chi connectivity index (χ1n) is 19.9. The quantitative estimate of drug-likeness (QED) is 0.164. The molecule has 0 saturated carbocycles. The number of benzene rings is 11. The Labute approximate surface area is 337 Å². The zero-order valence-corrected chi connectivity index (χ0v) is 32.1. The van der Waals surface area contributed by atoms with Crippen molar-refractivity contribution < 1.29 is 4.42 Å². The molecule has 0 saturated heterocycles. The Balaban J connectivity index is 1.02. The van der Waals surface area contributed by atoms with Gasteiger partial charge in [-0.3, -0.25) is 0 Å². The van der Waals surface area contributed by atoms with E-state index in [9.17, 15) is 0 Å². The first-order chi connectivity index (χ1) is 28.8. The summed E-state index contributed by atoms with van der Waals surface area (Å²) in [5.74, 6) is 0. The molecule has 0 amide bonds. The SMILES string of the molecule is c1ccc2c(-c3c4ccccc4c(-c4ccc(-c5ccc6sc7cc8c(cc7c6c5)oc5c6ccccc6ccc85)c5ccccc45)c4ccccc34)cccc2c1. The monoisotopic (exact) mass is 752 g/mol. The number of hydrogen-bond acceptors (Lipinski definition) is 2. The van der Waals surface area contributed by atoms with Gasteiger partial charge in [0, 0.05) is 36.3 Å². The molecule has 0 radical (unpaired) electrons. The molecule has 0 bridgehead atoms. The molecular formula is C56H32OS. The van der Waals surface area contributed by atoms with Gasteiger partial charge in [-0.2, -0.15) is 0 Å². The van der Waals surface area contributed by atoms with Gasteiger partial charge in [0.1, 0.15) is 11.2 Å². The molecule has 2 aromatic heterocycles. The fourth-order valence-electron chi connectivity index (χ4n) is 9.86. The van der Waals surface area contributed by atoms with Crippen LogP contribution in [0.5, 0.6) is 0 Å². The van der Waals surface area contributed by atoms with E-state index >= 15 is 0 Å². The molecule has 0 aliphatic heterocycles. The maximum absolute atomic E-state index is 6.64. The second-order valence-corrected chi connectivity index (χ2v) is 16.6. The van der Waals surface area contributed by atoms with Crippen molar-refractivity contribution in [2.75, 3.05) is 0 Å². The number of hydrogen-bond donors (Lipinski definition) is 0. The molecule has 0 aliphatic rings. The van der Waals surface area contributed by atoms with Gasteiger partial charge in [0.2, 0.25) is 0 Å². The van der Waals surface area contributed by atoms with E-state index in [1.807, 2.05) is 11.3 Å². The summed E-state index contributed by atoms with van der Waals surface area (Å²) in [6, 6.07) is 71.6. The Hall–Kier alpha value is -7.26. The van der Waals surface area contributed by atoms with Crippen molar-refractivity contribution in [3.8, 4) is 33.4 Å². The lowest BCUT2D eigenvalue weighted by Gasteiger charge is -2.20. The minimum atomic E-state index is 0.935. The Kier molecular flexibility index (Phi) is 6.66. The maximum atomic E-state index is 6.64. The Morgan fingerprint density at radius 1 is 0.293 bits per heavy atom. The van der Waals surface area contributed by atoms with E-state index in [0.717, 1.165) is 16.6 Å². The normalized spacial score (nSPS) is 12.1. The average Bonchev–Trinajstić information content (AvgIpc) is 3.84. The Bertz CT molecular complexity index is 3800. The first-order valence-corrected chi connectivity index (χ1v) is 20.7. The van der Waals surface area contributed by atoms with Gasteiger partial charge in [0.25, 0.3) is 0 Å². The predicted molar refractivity (Wildman–Crippen MR) is 250 cm³/mol. The minimum Gasteiger partial charge on any atom is -0.455 e. The summed E-state index contributed by atoms with van der Waals surface area (Å²) in [6.45, 7) is 0. The predicted octanol–water partition coefficient (Wildman–Crippen LogP) is 16.7. The maximum Gasteiger partial charge on any atom is 0.143 e. The molecule has 13 aromatic rings. The van der Waals surface area contributed by atoms with Gasteiger partial charge in [-0.1, -0.05) is 164 Å². The van der Waals surface area contributed by atoms with Gasteiger partial charge in [0.05, 0.1) is 0 Å². The van der Waals surface area contributed by atoms with Crippen molar-refractivity contribution in [2.45, 2.75) is 0 Å². The van der Waals surface area contributed by atoms with Crippen molar-refractivity contribution in [1.29, 1.82) is 0 Å². The van der Waals surface area contributed by atoms with Crippen molar-refractivity contribution >= 4 is 107 Å². The summed E-state index contributed by atoms with van der Waals surface area (Å²) in [5, 5.41) is 17.3. The lowest BCUT2D eigenvalue weighted by Crippen LogP contribution is -1.93. The molecule has 1 nitrogen and oxygen atoms in total. The molecule has 13 rings (SSSR count). The van der Waals surface area contributed by atoms with Crippen molar-refractivity contribution in [1.82, 2.24) is 0 Å². The molecule has 0 fully saturated rings. The van der Waals surface area contributed by atoms with Crippen LogP contribution in [0.2, 0.25) is 0 Å². The van der Waals surface area contributed by atoms with Crippen LogP contribution in [-0.4, -0.2) is 0 Å². The van der Waals surface area contributed by atoms with Gasteiger partial charge in [-0.15, -0.1) is 11.3 Å². The zero-order chi connectivity index (χ0) is 37.9. The van der Waals surface area contributed by atoms with E-state index in [-0.39, 0.29) is 0 Å². The van der Waals surface area contributed by atoms with E-state index in [2.05, 4.69) is 194 Å². The fourth-order valence-corrected chi connectivity index (χ4v) is 11.0. The van der Waals surface area contributed by atoms with Crippen LogP contribution in [0.1, 0.15) is 0 Å². The highest BCUT2D eigenvalue weighted by molar-refractivity contribution is 7.25. The van der Waals surface area contributed by atoms with E-state index in [1.165, 1.54) is 113 Å². The summed E-state index contributed by atoms with van der Waals surface area (Å²) < 4.78 is 9.20. The summed E-state index contributed by atoms with van der Waals surface area (Å²) >= 11 is 1.86. The molecule has 0 spiro atoms. The Morgan fingerprint density at radius 3 is 1.53 bits per heavy atom. The zero-order valence-electron chi connectivity index (χ0n) is 31.3. The number of furan rings is 1. The van der Waals surface area contributed by atoms with Crippen LogP contribution in [0, 0.1) is 0 Å². The van der Waals surface area contributed by atoms with Gasteiger partial charge < -0.3 is 4.42 Å². The third-order valence-electron chi connectivity index (χ3n) is 12.4. The molecule has 0 unspecified atom stereocenters. The van der Waals surface area contributed by atoms with Crippen LogP contribution in [0.3, 0.4) is 0 Å². The van der Waals surface area contributed by atoms with Crippen molar-refractivity contribution in [3.63, 3.8) is 0 Å². The standard InChI is InChI=1S/C56H32OS/c1-3-15-36-33(12-1)14-11-23-41(36)54-42-19-7-9-21-44(42)55(45-22-10-8-20-43(45)54)46-28-27-37(39-17-5-6-18-40(39)46)35-25-29-52-49(30-35)50-31-51-48(32-53(50)58-52)47-26-24-34-13-2-4-16-38(34)56(47)57-51/h1-32H. The molecule has 268 valence electrons. The molecule has 2 heteroatoms. The van der Waals surface area contributed by atoms with E-state index in [0.29, 0.717) is 0 Å². The summed E-state index contributed by atoms with van der Waals surface area (Å²) in [6.07, 6.45) is 0. The van der Waals surface area contributed by atoms with Gasteiger partial charge in [0.15, 0.2) is 0 Å². The number of fused-ring (bicyclic) bond motifs is 12. The highest BCUT2D eigenvalue weighted by Gasteiger charge is 2.21. The molecule has 2 heterocycles. The number of rotatable bonds is 3. The van der Waals surface area contributed by atoms with E-state index in [4.69, 9.17) is 4.42 Å². The van der Waals surface area contributed by atoms with Gasteiger partial charge in [-0.05, 0) is 112 Å². The van der Waals surface area contributed by atoms with Crippen LogP contribution < -0.4 is 0 Å².